The van der Waals surface area contributed by atoms with Crippen LogP contribution in [-0.2, 0) is 28.4 Å². The minimum absolute atomic E-state index is 0.0223. The van der Waals surface area contributed by atoms with Crippen molar-refractivity contribution in [1.82, 2.24) is 4.31 Å². The summed E-state index contributed by atoms with van der Waals surface area (Å²) >= 11 is 0. The molecule has 2 aromatic carbocycles. The van der Waals surface area contributed by atoms with Crippen molar-refractivity contribution < 1.29 is 26.8 Å². The second-order valence-corrected chi connectivity index (χ2v) is 12.2. The highest BCUT2D eigenvalue weighted by molar-refractivity contribution is 7.89. The molecule has 35 heavy (non-hydrogen) atoms. The van der Waals surface area contributed by atoms with E-state index < -0.39 is 17.6 Å². The Balaban J connectivity index is 2.17. The zero-order chi connectivity index (χ0) is 25.8. The molecular weight excluding hydrogens is 485 g/mol. The molecule has 0 spiro atoms. The standard InChI is InChI=1S/C26H32NO6PS/c1-6-32-34(29,33-7-2)26(22-11-9-8-10-12-22)20(4)24-17-27(18-25(24)21(5)28)35(30,31)23-15-13-19(3)14-16-23/h8-16H,6-7,17-18H2,1-5H3. The molecule has 0 atom stereocenters. The minimum Gasteiger partial charge on any atom is -0.305 e. The van der Waals surface area contributed by atoms with E-state index in [9.17, 15) is 17.8 Å². The molecule has 0 N–H and O–H groups in total. The fourth-order valence-electron chi connectivity index (χ4n) is 4.12. The molecule has 0 saturated carbocycles. The predicted molar refractivity (Wildman–Crippen MR) is 138 cm³/mol. The molecule has 9 heteroatoms. The van der Waals surface area contributed by atoms with E-state index in [0.717, 1.165) is 5.56 Å². The van der Waals surface area contributed by atoms with Crippen LogP contribution in [0.15, 0.2) is 76.2 Å². The molecule has 188 valence electrons. The fourth-order valence-corrected chi connectivity index (χ4v) is 7.52. The van der Waals surface area contributed by atoms with Gasteiger partial charge in [0.1, 0.15) is 0 Å². The van der Waals surface area contributed by atoms with Crippen molar-refractivity contribution in [3.63, 3.8) is 0 Å². The number of aryl methyl sites for hydroxylation is 1. The van der Waals surface area contributed by atoms with E-state index in [1.807, 2.05) is 25.1 Å². The maximum Gasteiger partial charge on any atom is 0.362 e. The molecule has 0 aromatic heterocycles. The zero-order valence-electron chi connectivity index (χ0n) is 20.8. The molecule has 7 nitrogen and oxygen atoms in total. The second-order valence-electron chi connectivity index (χ2n) is 8.27. The van der Waals surface area contributed by atoms with Crippen molar-refractivity contribution in [3.8, 4) is 0 Å². The van der Waals surface area contributed by atoms with Crippen LogP contribution in [0.5, 0.6) is 0 Å². The molecule has 1 aliphatic rings. The lowest BCUT2D eigenvalue weighted by Gasteiger charge is -2.24. The summed E-state index contributed by atoms with van der Waals surface area (Å²) in [7, 11) is -7.62. The third-order valence-corrected chi connectivity index (χ3v) is 9.99. The van der Waals surface area contributed by atoms with Crippen molar-refractivity contribution in [2.75, 3.05) is 26.3 Å². The van der Waals surface area contributed by atoms with Crippen LogP contribution in [0, 0.1) is 6.92 Å². The van der Waals surface area contributed by atoms with Crippen LogP contribution in [-0.4, -0.2) is 44.8 Å². The number of hydrogen-bond acceptors (Lipinski definition) is 6. The molecule has 2 aromatic rings. The highest BCUT2D eigenvalue weighted by Crippen LogP contribution is 2.62. The Morgan fingerprint density at radius 2 is 1.46 bits per heavy atom. The lowest BCUT2D eigenvalue weighted by molar-refractivity contribution is -0.113. The van der Waals surface area contributed by atoms with Crippen molar-refractivity contribution in [3.05, 3.63) is 82.4 Å². The van der Waals surface area contributed by atoms with Crippen molar-refractivity contribution in [2.24, 2.45) is 0 Å². The van der Waals surface area contributed by atoms with Gasteiger partial charge in [-0.05, 0) is 63.5 Å². The summed E-state index contributed by atoms with van der Waals surface area (Å²) < 4.78 is 53.4. The van der Waals surface area contributed by atoms with Crippen LogP contribution in [0.4, 0.5) is 0 Å². The first kappa shape index (κ1) is 27.2. The van der Waals surface area contributed by atoms with Crippen LogP contribution in [0.25, 0.3) is 5.31 Å². The summed E-state index contributed by atoms with van der Waals surface area (Å²) in [5.74, 6) is -0.240. The van der Waals surface area contributed by atoms with Gasteiger partial charge in [-0.25, -0.2) is 8.42 Å². The van der Waals surface area contributed by atoms with E-state index >= 15 is 0 Å². The minimum atomic E-state index is -3.85. The van der Waals surface area contributed by atoms with Gasteiger partial charge < -0.3 is 9.05 Å². The predicted octanol–water partition coefficient (Wildman–Crippen LogP) is 5.58. The van der Waals surface area contributed by atoms with Gasteiger partial charge in [-0.15, -0.1) is 0 Å². The van der Waals surface area contributed by atoms with Gasteiger partial charge in [-0.1, -0.05) is 48.0 Å². The molecule has 0 fully saturated rings. The highest BCUT2D eigenvalue weighted by Gasteiger charge is 2.38. The average molecular weight is 518 g/mol. The van der Waals surface area contributed by atoms with Gasteiger partial charge in [0.25, 0.3) is 0 Å². The maximum atomic E-state index is 14.0. The van der Waals surface area contributed by atoms with Gasteiger partial charge in [0.2, 0.25) is 10.0 Å². The van der Waals surface area contributed by atoms with Gasteiger partial charge in [0.15, 0.2) is 5.78 Å². The van der Waals surface area contributed by atoms with E-state index in [-0.39, 0.29) is 37.0 Å². The van der Waals surface area contributed by atoms with Crippen molar-refractivity contribution in [1.29, 1.82) is 0 Å². The highest BCUT2D eigenvalue weighted by atomic mass is 32.2. The molecule has 0 bridgehead atoms. The lowest BCUT2D eigenvalue weighted by atomic mass is 9.99. The van der Waals surface area contributed by atoms with Crippen LogP contribution in [0.1, 0.15) is 38.8 Å². The third kappa shape index (κ3) is 5.74. The molecular formula is C26H32NO6PS. The third-order valence-electron chi connectivity index (χ3n) is 5.84. The number of carbonyl (C=O) groups is 1. The van der Waals surface area contributed by atoms with E-state index in [2.05, 4.69) is 0 Å². The molecule has 0 amide bonds. The number of Topliss-reactive ketones (excluding diaryl/α,β-unsaturated/α-hetero) is 1. The fraction of sp³-hybridized carbons (Fsp3) is 0.346. The smallest absolute Gasteiger partial charge is 0.305 e. The number of ketones is 1. The van der Waals surface area contributed by atoms with Gasteiger partial charge in [-0.3, -0.25) is 9.36 Å². The molecule has 0 saturated heterocycles. The number of benzene rings is 2. The number of nitrogens with zero attached hydrogens (tertiary/aromatic N) is 1. The van der Waals surface area contributed by atoms with Crippen LogP contribution >= 0.6 is 7.60 Å². The van der Waals surface area contributed by atoms with E-state index in [4.69, 9.17) is 9.05 Å². The number of carbonyl (C=O) groups excluding carboxylic acids is 1. The SMILES string of the molecule is CCOP(=O)(OCC)C(=C(C)C1=C(C(C)=O)CN(S(=O)(=O)c2ccc(C)cc2)C1)c1ccccc1. The Bertz CT molecular complexity index is 1290. The summed E-state index contributed by atoms with van der Waals surface area (Å²) in [5, 5.41) is 0.338. The second kappa shape index (κ2) is 11.1. The Morgan fingerprint density at radius 1 is 0.914 bits per heavy atom. The quantitative estimate of drug-likeness (QED) is 0.382. The zero-order valence-corrected chi connectivity index (χ0v) is 22.5. The molecule has 3 rings (SSSR count). The number of rotatable bonds is 10. The summed E-state index contributed by atoms with van der Waals surface area (Å²) in [6.07, 6.45) is 0. The maximum absolute atomic E-state index is 14.0. The topological polar surface area (TPSA) is 90.0 Å². The van der Waals surface area contributed by atoms with E-state index in [0.29, 0.717) is 27.6 Å². The summed E-state index contributed by atoms with van der Waals surface area (Å²) in [4.78, 5) is 12.8. The van der Waals surface area contributed by atoms with Gasteiger partial charge in [-0.2, -0.15) is 4.31 Å². The molecule has 1 heterocycles. The van der Waals surface area contributed by atoms with E-state index in [1.54, 1.807) is 57.2 Å². The summed E-state index contributed by atoms with van der Waals surface area (Å²) in [6, 6.07) is 15.7. The normalized spacial score (nSPS) is 15.9. The van der Waals surface area contributed by atoms with Crippen LogP contribution < -0.4 is 0 Å². The van der Waals surface area contributed by atoms with Crippen LogP contribution in [0.3, 0.4) is 0 Å². The van der Waals surface area contributed by atoms with Gasteiger partial charge in [0, 0.05) is 18.7 Å². The van der Waals surface area contributed by atoms with E-state index in [1.165, 1.54) is 11.2 Å². The Morgan fingerprint density at radius 3 is 1.97 bits per heavy atom. The first-order valence-corrected chi connectivity index (χ1v) is 14.5. The first-order valence-electron chi connectivity index (χ1n) is 11.5. The number of sulfonamides is 1. The molecule has 0 aliphatic carbocycles. The Hall–Kier alpha value is -2.35. The summed E-state index contributed by atoms with van der Waals surface area (Å²) in [5.41, 5.74) is 2.99. The van der Waals surface area contributed by atoms with Gasteiger partial charge in [0.05, 0.1) is 23.4 Å². The molecule has 0 radical (unpaired) electrons. The Labute approximate surface area is 208 Å². The monoisotopic (exact) mass is 517 g/mol. The summed E-state index contributed by atoms with van der Waals surface area (Å²) in [6.45, 7) is 8.74. The molecule has 1 aliphatic heterocycles. The van der Waals surface area contributed by atoms with Crippen molar-refractivity contribution in [2.45, 2.75) is 39.5 Å². The largest absolute Gasteiger partial charge is 0.362 e. The lowest BCUT2D eigenvalue weighted by Crippen LogP contribution is -2.30. The molecule has 0 unspecified atom stereocenters. The Kier molecular flexibility index (Phi) is 8.67. The first-order chi connectivity index (χ1) is 16.5. The number of hydrogen-bond donors (Lipinski definition) is 0. The van der Waals surface area contributed by atoms with Crippen LogP contribution in [0.2, 0.25) is 0 Å². The van der Waals surface area contributed by atoms with Gasteiger partial charge >= 0.3 is 7.60 Å². The average Bonchev–Trinajstić information content (AvgIpc) is 3.27. The van der Waals surface area contributed by atoms with Crippen molar-refractivity contribution >= 4 is 28.7 Å².